The number of hydrogen-bond acceptors (Lipinski definition) is 6. The van der Waals surface area contributed by atoms with Crippen molar-refractivity contribution in [2.24, 2.45) is 29.1 Å². The maximum atomic E-state index is 13.3. The molecular formula is C33H43ClN2O5S. The monoisotopic (exact) mass is 614 g/mol. The first-order valence-electron chi connectivity index (χ1n) is 15.5. The molecule has 7 atom stereocenters. The Bertz CT molecular complexity index is 1460. The molecule has 0 spiro atoms. The molecule has 9 heteroatoms. The molecule has 2 aliphatic heterocycles. The molecular weight excluding hydrogens is 572 g/mol. The molecule has 2 heterocycles. The van der Waals surface area contributed by atoms with E-state index in [1.54, 1.807) is 25.1 Å². The van der Waals surface area contributed by atoms with Gasteiger partial charge in [0.15, 0.2) is 0 Å². The third kappa shape index (κ3) is 5.32. The molecule has 2 saturated carbocycles. The molecule has 1 amide bonds. The second kappa shape index (κ2) is 11.3. The number of nitrogens with one attached hydrogen (secondary N) is 1. The van der Waals surface area contributed by atoms with Gasteiger partial charge in [-0.25, -0.2) is 13.1 Å². The first-order valence-corrected chi connectivity index (χ1v) is 17.5. The van der Waals surface area contributed by atoms with Crippen LogP contribution in [0.15, 0.2) is 36.4 Å². The summed E-state index contributed by atoms with van der Waals surface area (Å²) in [5.74, 6) is 1.41. The molecule has 42 heavy (non-hydrogen) atoms. The maximum Gasteiger partial charge on any atom is 0.264 e. The van der Waals surface area contributed by atoms with Gasteiger partial charge in [0.25, 0.3) is 5.91 Å². The highest BCUT2D eigenvalue weighted by Crippen LogP contribution is 2.76. The summed E-state index contributed by atoms with van der Waals surface area (Å²) in [5, 5.41) is 11.0. The van der Waals surface area contributed by atoms with Crippen LogP contribution in [0.5, 0.6) is 5.75 Å². The van der Waals surface area contributed by atoms with E-state index >= 15 is 0 Å². The fraction of sp³-hybridized carbons (Fsp3) is 0.606. The zero-order valence-corrected chi connectivity index (χ0v) is 26.4. The molecule has 2 aromatic carbocycles. The van der Waals surface area contributed by atoms with Gasteiger partial charge in [-0.15, -0.1) is 0 Å². The number of fused-ring (bicyclic) bond motifs is 3. The Morgan fingerprint density at radius 2 is 1.93 bits per heavy atom. The van der Waals surface area contributed by atoms with Crippen LogP contribution in [-0.4, -0.2) is 43.9 Å². The van der Waals surface area contributed by atoms with Crippen LogP contribution in [0.2, 0.25) is 5.02 Å². The highest BCUT2D eigenvalue weighted by Gasteiger charge is 2.74. The number of sulfonamides is 1. The Hall–Kier alpha value is -2.29. The van der Waals surface area contributed by atoms with Gasteiger partial charge < -0.3 is 14.7 Å². The molecule has 4 aliphatic rings. The Kier molecular flexibility index (Phi) is 8.03. The van der Waals surface area contributed by atoms with E-state index in [4.69, 9.17) is 16.3 Å². The number of halogens is 1. The van der Waals surface area contributed by atoms with Crippen molar-refractivity contribution in [3.63, 3.8) is 0 Å². The molecule has 228 valence electrons. The van der Waals surface area contributed by atoms with Gasteiger partial charge in [0.05, 0.1) is 17.0 Å². The lowest BCUT2D eigenvalue weighted by Crippen LogP contribution is -2.40. The number of hydrogen-bond donors (Lipinski definition) is 2. The van der Waals surface area contributed by atoms with Crippen molar-refractivity contribution < 1.29 is 23.1 Å². The number of amides is 1. The smallest absolute Gasteiger partial charge is 0.264 e. The number of rotatable bonds is 1. The molecule has 2 bridgehead atoms. The second-order valence-corrected chi connectivity index (χ2v) is 15.7. The van der Waals surface area contributed by atoms with E-state index in [2.05, 4.69) is 9.62 Å². The van der Waals surface area contributed by atoms with E-state index in [0.29, 0.717) is 35.7 Å². The molecule has 2 N–H and O–H groups in total. The van der Waals surface area contributed by atoms with Crippen LogP contribution in [-0.2, 0) is 23.1 Å². The van der Waals surface area contributed by atoms with Crippen molar-refractivity contribution in [3.05, 3.63) is 58.1 Å². The van der Waals surface area contributed by atoms with Gasteiger partial charge in [0, 0.05) is 29.1 Å². The lowest BCUT2D eigenvalue weighted by Gasteiger charge is -2.34. The van der Waals surface area contributed by atoms with Gasteiger partial charge >= 0.3 is 0 Å². The van der Waals surface area contributed by atoms with Gasteiger partial charge in [-0.05, 0) is 118 Å². The highest BCUT2D eigenvalue weighted by molar-refractivity contribution is 7.90. The summed E-state index contributed by atoms with van der Waals surface area (Å²) in [7, 11) is -3.88. The van der Waals surface area contributed by atoms with Gasteiger partial charge in [-0.1, -0.05) is 31.0 Å². The van der Waals surface area contributed by atoms with E-state index in [0.717, 1.165) is 74.3 Å². The number of carbonyl (C=O) groups is 1. The van der Waals surface area contributed by atoms with E-state index in [9.17, 15) is 18.3 Å². The first-order chi connectivity index (χ1) is 20.0. The van der Waals surface area contributed by atoms with Crippen molar-refractivity contribution in [3.8, 4) is 5.75 Å². The zero-order chi connectivity index (χ0) is 29.8. The SMILES string of the molecule is CC1CCCC2([C@H](C)O)C3CC(CN4CCCCc5cc(Cl)ccc5COc5ccc(cc54)C(=O)NS(=O)(=O)C1C)C32. The molecule has 2 aliphatic carbocycles. The zero-order valence-electron chi connectivity index (χ0n) is 24.8. The first kappa shape index (κ1) is 29.8. The topological polar surface area (TPSA) is 95.9 Å². The van der Waals surface area contributed by atoms with Crippen LogP contribution in [0.4, 0.5) is 5.69 Å². The minimum absolute atomic E-state index is 0.0749. The minimum atomic E-state index is -3.88. The third-order valence-electron chi connectivity index (χ3n) is 11.0. The number of carbonyl (C=O) groups excluding carboxylic acids is 1. The van der Waals surface area contributed by atoms with Crippen LogP contribution in [0, 0.1) is 29.1 Å². The lowest BCUT2D eigenvalue weighted by molar-refractivity contribution is 0.0881. The molecule has 0 saturated heterocycles. The van der Waals surface area contributed by atoms with Crippen LogP contribution >= 0.6 is 11.6 Å². The van der Waals surface area contributed by atoms with E-state index < -0.39 is 21.2 Å². The predicted octanol–water partition coefficient (Wildman–Crippen LogP) is 5.96. The van der Waals surface area contributed by atoms with Crippen LogP contribution in [0.25, 0.3) is 0 Å². The molecule has 0 aromatic heterocycles. The summed E-state index contributed by atoms with van der Waals surface area (Å²) < 4.78 is 35.3. The summed E-state index contributed by atoms with van der Waals surface area (Å²) in [6.45, 7) is 7.55. The number of ether oxygens (including phenoxy) is 1. The van der Waals surface area contributed by atoms with Gasteiger partial charge in [0.2, 0.25) is 10.0 Å². The number of aliphatic hydroxyl groups is 1. The molecule has 7 nitrogen and oxygen atoms in total. The molecule has 6 unspecified atom stereocenters. The number of aliphatic hydroxyl groups excluding tert-OH is 1. The Balaban J connectivity index is 1.38. The standard InChI is InChI=1S/C33H43ClN2O5S/c1-20-7-6-13-33(22(3)37)28-16-26(31(28)33)18-36-14-5-4-8-23-15-27(34)11-9-25(23)19-41-30-12-10-24(17-29(30)36)32(38)35-42(39,40)21(20)2/h9-12,15,17,20-22,26,28,31,37H,4-8,13-14,16,18-19H2,1-3H3,(H,35,38)/t20?,21?,22-,26?,28?,31?,33?/m0/s1. The quantitative estimate of drug-likeness (QED) is 0.411. The van der Waals surface area contributed by atoms with Crippen molar-refractivity contribution in [2.45, 2.75) is 83.7 Å². The lowest BCUT2D eigenvalue weighted by atomic mass is 9.84. The van der Waals surface area contributed by atoms with Crippen molar-refractivity contribution >= 4 is 33.2 Å². The number of anilines is 1. The minimum Gasteiger partial charge on any atom is -0.487 e. The molecule has 2 fully saturated rings. The van der Waals surface area contributed by atoms with Gasteiger partial charge in [-0.3, -0.25) is 4.79 Å². The largest absolute Gasteiger partial charge is 0.487 e. The number of nitrogens with zero attached hydrogens (tertiary/aromatic N) is 1. The van der Waals surface area contributed by atoms with Gasteiger partial charge in [-0.2, -0.15) is 0 Å². The third-order valence-corrected chi connectivity index (χ3v) is 13.1. The normalized spacial score (nSPS) is 33.4. The van der Waals surface area contributed by atoms with Crippen molar-refractivity contribution in [1.29, 1.82) is 0 Å². The average molecular weight is 615 g/mol. The Labute approximate surface area is 255 Å². The van der Waals surface area contributed by atoms with Gasteiger partial charge in [0.1, 0.15) is 12.4 Å². The summed E-state index contributed by atoms with van der Waals surface area (Å²) in [6, 6.07) is 11.2. The van der Waals surface area contributed by atoms with E-state index in [-0.39, 0.29) is 17.4 Å². The molecule has 2 aromatic rings. The number of benzene rings is 2. The summed E-state index contributed by atoms with van der Waals surface area (Å²) in [4.78, 5) is 15.7. The average Bonchev–Trinajstić information content (AvgIpc) is 3.49. The highest BCUT2D eigenvalue weighted by atomic mass is 35.5. The Morgan fingerprint density at radius 1 is 1.12 bits per heavy atom. The second-order valence-electron chi connectivity index (χ2n) is 13.3. The molecule has 0 radical (unpaired) electrons. The summed E-state index contributed by atoms with van der Waals surface area (Å²) >= 11 is 6.32. The van der Waals surface area contributed by atoms with Crippen LogP contribution in [0.1, 0.15) is 80.8 Å². The Morgan fingerprint density at radius 3 is 2.71 bits per heavy atom. The fourth-order valence-corrected chi connectivity index (χ4v) is 9.74. The summed E-state index contributed by atoms with van der Waals surface area (Å²) in [5.41, 5.74) is 3.32. The maximum absolute atomic E-state index is 13.3. The predicted molar refractivity (Wildman–Crippen MR) is 165 cm³/mol. The van der Waals surface area contributed by atoms with Crippen molar-refractivity contribution in [1.82, 2.24) is 4.72 Å². The fourth-order valence-electron chi connectivity index (χ4n) is 8.24. The summed E-state index contributed by atoms with van der Waals surface area (Å²) in [6.07, 6.45) is 6.07. The molecule has 6 rings (SSSR count). The van der Waals surface area contributed by atoms with E-state index in [1.807, 2.05) is 32.0 Å². The van der Waals surface area contributed by atoms with Crippen molar-refractivity contribution in [2.75, 3.05) is 18.0 Å². The number of aryl methyl sites for hydroxylation is 1. The van der Waals surface area contributed by atoms with Crippen LogP contribution in [0.3, 0.4) is 0 Å². The van der Waals surface area contributed by atoms with E-state index in [1.165, 1.54) is 5.56 Å². The van der Waals surface area contributed by atoms with Crippen LogP contribution < -0.4 is 14.4 Å².